The molecule has 0 radical (unpaired) electrons. The summed E-state index contributed by atoms with van der Waals surface area (Å²) in [6, 6.07) is 6.29. The van der Waals surface area contributed by atoms with Crippen molar-refractivity contribution < 1.29 is 9.84 Å². The van der Waals surface area contributed by atoms with Crippen molar-refractivity contribution in [2.75, 3.05) is 45.9 Å². The first-order valence-corrected chi connectivity index (χ1v) is 13.2. The number of benzene rings is 1. The van der Waals surface area contributed by atoms with Crippen LogP contribution in [0.2, 0.25) is 0 Å². The number of allylic oxidation sites excluding steroid dienone is 1. The first-order valence-electron chi connectivity index (χ1n) is 12.3. The molecule has 188 valence electrons. The number of H-pyrrole nitrogens is 1. The summed E-state index contributed by atoms with van der Waals surface area (Å²) in [6.07, 6.45) is 2.82. The van der Waals surface area contributed by atoms with Crippen molar-refractivity contribution in [3.63, 3.8) is 0 Å². The zero-order chi connectivity index (χ0) is 24.8. The van der Waals surface area contributed by atoms with E-state index in [1.807, 2.05) is 11.5 Å². The lowest BCUT2D eigenvalue weighted by Crippen LogP contribution is -2.43. The molecule has 1 aliphatic rings. The molecular formula is C27H36N4O3S. The fraction of sp³-hybridized carbons (Fsp3) is 0.481. The molecule has 1 atom stereocenters. The van der Waals surface area contributed by atoms with Crippen molar-refractivity contribution in [3.8, 4) is 11.1 Å². The minimum atomic E-state index is -0.453. The number of nitrogens with one attached hydrogen (secondary N) is 1. The molecule has 1 saturated heterocycles. The van der Waals surface area contributed by atoms with E-state index >= 15 is 0 Å². The van der Waals surface area contributed by atoms with Crippen molar-refractivity contribution >= 4 is 21.6 Å². The maximum atomic E-state index is 13.2. The molecule has 7 nitrogen and oxygen atoms in total. The number of thiophene rings is 1. The van der Waals surface area contributed by atoms with Gasteiger partial charge in [0.2, 0.25) is 0 Å². The first-order chi connectivity index (χ1) is 16.9. The first kappa shape index (κ1) is 25.7. The number of nitrogens with zero attached hydrogens (tertiary/aromatic N) is 3. The van der Waals surface area contributed by atoms with Gasteiger partial charge in [-0.05, 0) is 37.8 Å². The van der Waals surface area contributed by atoms with Crippen molar-refractivity contribution in [2.24, 2.45) is 0 Å². The lowest BCUT2D eigenvalue weighted by atomic mass is 9.99. The van der Waals surface area contributed by atoms with E-state index in [1.165, 1.54) is 16.9 Å². The zero-order valence-electron chi connectivity index (χ0n) is 20.8. The van der Waals surface area contributed by atoms with Gasteiger partial charge in [0.25, 0.3) is 5.56 Å². The largest absolute Gasteiger partial charge is 0.392 e. The highest BCUT2D eigenvalue weighted by molar-refractivity contribution is 7.17. The molecule has 0 aliphatic carbocycles. The Kier molecular flexibility index (Phi) is 8.86. The van der Waals surface area contributed by atoms with Crippen LogP contribution < -0.4 is 5.56 Å². The number of aryl methyl sites for hydroxylation is 2. The summed E-state index contributed by atoms with van der Waals surface area (Å²) in [5.41, 5.74) is 4.25. The van der Waals surface area contributed by atoms with Crippen molar-refractivity contribution in [2.45, 2.75) is 39.3 Å². The third kappa shape index (κ3) is 6.65. The van der Waals surface area contributed by atoms with Crippen LogP contribution in [0.5, 0.6) is 0 Å². The Hall–Kier alpha value is -2.36. The highest BCUT2D eigenvalue weighted by Gasteiger charge is 2.19. The molecule has 35 heavy (non-hydrogen) atoms. The van der Waals surface area contributed by atoms with Crippen molar-refractivity contribution in [1.29, 1.82) is 0 Å². The van der Waals surface area contributed by atoms with Gasteiger partial charge in [0.15, 0.2) is 0 Å². The van der Waals surface area contributed by atoms with Crippen LogP contribution in [-0.2, 0) is 11.3 Å². The van der Waals surface area contributed by atoms with Crippen LogP contribution in [0.25, 0.3) is 21.3 Å². The lowest BCUT2D eigenvalue weighted by Gasteiger charge is -2.30. The molecule has 2 N–H and O–H groups in total. The number of fused-ring (bicyclic) bond motifs is 1. The average molecular weight is 497 g/mol. The summed E-state index contributed by atoms with van der Waals surface area (Å²) in [5.74, 6) is 0.634. The van der Waals surface area contributed by atoms with E-state index in [9.17, 15) is 9.90 Å². The number of aliphatic hydroxyl groups is 1. The Bertz CT molecular complexity index is 1200. The zero-order valence-corrected chi connectivity index (χ0v) is 21.6. The summed E-state index contributed by atoms with van der Waals surface area (Å²) >= 11 is 1.51. The fourth-order valence-electron chi connectivity index (χ4n) is 4.64. The monoisotopic (exact) mass is 496 g/mol. The van der Waals surface area contributed by atoms with Crippen LogP contribution in [0.4, 0.5) is 0 Å². The molecule has 0 spiro atoms. The van der Waals surface area contributed by atoms with Gasteiger partial charge in [-0.1, -0.05) is 29.8 Å². The predicted molar refractivity (Wildman–Crippen MR) is 143 cm³/mol. The third-order valence-corrected chi connectivity index (χ3v) is 7.42. The van der Waals surface area contributed by atoms with Crippen LogP contribution >= 0.6 is 11.3 Å². The molecule has 1 unspecified atom stereocenters. The third-order valence-electron chi connectivity index (χ3n) is 6.55. The second-order valence-corrected chi connectivity index (χ2v) is 10.2. The molecule has 8 heteroatoms. The van der Waals surface area contributed by atoms with Gasteiger partial charge in [-0.25, -0.2) is 4.98 Å². The molecule has 3 heterocycles. The number of aromatic amines is 1. The number of morpholine rings is 1. The van der Waals surface area contributed by atoms with Crippen LogP contribution in [0.15, 0.2) is 41.0 Å². The highest BCUT2D eigenvalue weighted by Crippen LogP contribution is 2.33. The van der Waals surface area contributed by atoms with Gasteiger partial charge >= 0.3 is 0 Å². The number of rotatable bonds is 11. The molecule has 4 rings (SSSR count). The van der Waals surface area contributed by atoms with Gasteiger partial charge in [0.1, 0.15) is 10.7 Å². The normalized spacial score (nSPS) is 15.7. The molecule has 2 aromatic heterocycles. The second kappa shape index (κ2) is 12.1. The lowest BCUT2D eigenvalue weighted by molar-refractivity contribution is 0.0285. The van der Waals surface area contributed by atoms with Gasteiger partial charge < -0.3 is 14.8 Å². The maximum absolute atomic E-state index is 13.2. The Morgan fingerprint density at radius 3 is 2.86 bits per heavy atom. The number of aromatic nitrogens is 2. The van der Waals surface area contributed by atoms with Gasteiger partial charge in [0, 0.05) is 43.7 Å². The van der Waals surface area contributed by atoms with E-state index in [-0.39, 0.29) is 5.56 Å². The van der Waals surface area contributed by atoms with Gasteiger partial charge in [-0.3, -0.25) is 14.6 Å². The maximum Gasteiger partial charge on any atom is 0.260 e. The smallest absolute Gasteiger partial charge is 0.260 e. The second-order valence-electron chi connectivity index (χ2n) is 9.37. The molecule has 0 saturated carbocycles. The Morgan fingerprint density at radius 1 is 1.31 bits per heavy atom. The number of aliphatic hydroxyl groups excluding tert-OH is 1. The summed E-state index contributed by atoms with van der Waals surface area (Å²) in [6.45, 7) is 13.9. The van der Waals surface area contributed by atoms with E-state index in [4.69, 9.17) is 9.72 Å². The van der Waals surface area contributed by atoms with E-state index in [2.05, 4.69) is 53.4 Å². The Balaban J connectivity index is 1.54. The summed E-state index contributed by atoms with van der Waals surface area (Å²) < 4.78 is 5.46. The minimum Gasteiger partial charge on any atom is -0.392 e. The van der Waals surface area contributed by atoms with Gasteiger partial charge in [0.05, 0.1) is 31.2 Å². The summed E-state index contributed by atoms with van der Waals surface area (Å²) in [5, 5.41) is 13.2. The topological polar surface area (TPSA) is 81.7 Å². The molecule has 1 fully saturated rings. The quantitative estimate of drug-likeness (QED) is 0.394. The highest BCUT2D eigenvalue weighted by atomic mass is 32.1. The van der Waals surface area contributed by atoms with Crippen LogP contribution in [0, 0.1) is 13.8 Å². The molecule has 1 aliphatic heterocycles. The predicted octanol–water partition coefficient (Wildman–Crippen LogP) is 3.73. The fourth-order valence-corrected chi connectivity index (χ4v) is 5.59. The number of hydrogen-bond donors (Lipinski definition) is 2. The van der Waals surface area contributed by atoms with Crippen LogP contribution in [-0.4, -0.2) is 76.9 Å². The molecule has 3 aromatic rings. The molecule has 1 aromatic carbocycles. The Morgan fingerprint density at radius 2 is 2.11 bits per heavy atom. The average Bonchev–Trinajstić information content (AvgIpc) is 3.26. The van der Waals surface area contributed by atoms with Crippen molar-refractivity contribution in [3.05, 3.63) is 63.5 Å². The summed E-state index contributed by atoms with van der Waals surface area (Å²) in [4.78, 5) is 26.4. The van der Waals surface area contributed by atoms with Crippen LogP contribution in [0.1, 0.15) is 29.8 Å². The molecule has 0 bridgehead atoms. The Labute approximate surface area is 211 Å². The minimum absolute atomic E-state index is 0.110. The summed E-state index contributed by atoms with van der Waals surface area (Å²) in [7, 11) is 0. The standard InChI is InChI=1S/C27H36N4O3S/c1-4-5-6-21(32)16-31(10-9-30-11-13-34-14-12-30)17-24-28-26(33)25-23(18-35-27(25)29-24)22-8-7-19(2)15-20(22)3/h4,7-8,15,18,21,32H,1,5-6,9-14,16-17H2,2-3H3,(H,28,29,33). The molecule has 0 amide bonds. The number of ether oxygens (including phenoxy) is 1. The SMILES string of the molecule is C=CCCC(O)CN(CCN1CCOCC1)Cc1nc2scc(-c3ccc(C)cc3C)c2c(=O)[nH]1. The van der Waals surface area contributed by atoms with E-state index in [0.717, 1.165) is 67.3 Å². The molecular weight excluding hydrogens is 460 g/mol. The van der Waals surface area contributed by atoms with E-state index in [1.54, 1.807) is 0 Å². The van der Waals surface area contributed by atoms with Crippen molar-refractivity contribution in [1.82, 2.24) is 19.8 Å². The van der Waals surface area contributed by atoms with Crippen LogP contribution in [0.3, 0.4) is 0 Å². The number of hydrogen-bond acceptors (Lipinski definition) is 7. The van der Waals surface area contributed by atoms with E-state index < -0.39 is 6.10 Å². The van der Waals surface area contributed by atoms with Gasteiger partial charge in [-0.2, -0.15) is 0 Å². The van der Waals surface area contributed by atoms with Gasteiger partial charge in [-0.15, -0.1) is 17.9 Å². The van der Waals surface area contributed by atoms with E-state index in [0.29, 0.717) is 30.7 Å².